The molecule has 5 aliphatic rings. The van der Waals surface area contributed by atoms with Gasteiger partial charge in [-0.3, -0.25) is 9.69 Å². The largest absolute Gasteiger partial charge is 0.381 e. The second-order valence-electron chi connectivity index (χ2n) is 9.46. The van der Waals surface area contributed by atoms with Crippen LogP contribution < -0.4 is 0 Å². The molecule has 1 spiro atoms. The lowest BCUT2D eigenvalue weighted by molar-refractivity contribution is -0.0273. The average molecular weight is 396 g/mol. The molecule has 3 nitrogen and oxygen atoms in total. The lowest BCUT2D eigenvalue weighted by atomic mass is 9.70. The van der Waals surface area contributed by atoms with Crippen molar-refractivity contribution in [1.82, 2.24) is 4.90 Å². The zero-order chi connectivity index (χ0) is 18.7. The molecule has 28 heavy (non-hydrogen) atoms. The van der Waals surface area contributed by atoms with Crippen molar-refractivity contribution in [3.8, 4) is 0 Å². The van der Waals surface area contributed by atoms with Crippen LogP contribution in [0.1, 0.15) is 66.1 Å². The van der Waals surface area contributed by atoms with Gasteiger partial charge in [0.2, 0.25) is 0 Å². The fourth-order valence-electron chi connectivity index (χ4n) is 6.36. The molecule has 0 N–H and O–H groups in total. The molecule has 4 aliphatic heterocycles. The molecule has 5 heterocycles. The molecule has 2 aromatic rings. The van der Waals surface area contributed by atoms with E-state index in [-0.39, 0.29) is 0 Å². The fourth-order valence-corrected chi connectivity index (χ4v) is 7.42. The van der Waals surface area contributed by atoms with Crippen molar-refractivity contribution in [1.29, 1.82) is 0 Å². The second-order valence-corrected chi connectivity index (χ2v) is 10.5. The number of ether oxygens (including phenoxy) is 1. The Hall–Kier alpha value is -1.23. The van der Waals surface area contributed by atoms with E-state index in [9.17, 15) is 4.79 Å². The molecule has 7 rings (SSSR count). The first-order valence-electron chi connectivity index (χ1n) is 11.1. The maximum absolute atomic E-state index is 13.2. The van der Waals surface area contributed by atoms with Gasteiger partial charge in [0.15, 0.2) is 5.78 Å². The molecule has 4 heteroatoms. The minimum atomic E-state index is 0.388. The maximum atomic E-state index is 13.2. The SMILES string of the molecule is O=C(C[C@@H]1C2CCN(CC2)C12CC2)c1cc2ccc(C3CCOCC3)cc2s1. The summed E-state index contributed by atoms with van der Waals surface area (Å²) >= 11 is 1.72. The second kappa shape index (κ2) is 6.65. The normalized spacial score (nSPS) is 31.5. The predicted molar refractivity (Wildman–Crippen MR) is 113 cm³/mol. The van der Waals surface area contributed by atoms with Gasteiger partial charge in [-0.05, 0) is 92.5 Å². The summed E-state index contributed by atoms with van der Waals surface area (Å²) in [5.74, 6) is 2.39. The van der Waals surface area contributed by atoms with Crippen LogP contribution in [-0.2, 0) is 4.74 Å². The van der Waals surface area contributed by atoms with E-state index in [1.54, 1.807) is 11.3 Å². The molecule has 1 saturated carbocycles. The molecule has 4 saturated heterocycles. The smallest absolute Gasteiger partial charge is 0.173 e. The van der Waals surface area contributed by atoms with E-state index < -0.39 is 0 Å². The van der Waals surface area contributed by atoms with Crippen LogP contribution in [0.15, 0.2) is 24.3 Å². The van der Waals surface area contributed by atoms with E-state index in [4.69, 9.17) is 4.74 Å². The summed E-state index contributed by atoms with van der Waals surface area (Å²) in [6.45, 7) is 4.29. The van der Waals surface area contributed by atoms with Gasteiger partial charge in [0.05, 0.1) is 4.88 Å². The van der Waals surface area contributed by atoms with Crippen LogP contribution in [-0.4, -0.2) is 42.5 Å². The van der Waals surface area contributed by atoms with Crippen molar-refractivity contribution in [2.45, 2.75) is 56.4 Å². The molecule has 1 atom stereocenters. The monoisotopic (exact) mass is 395 g/mol. The average Bonchev–Trinajstić information content (AvgIpc) is 3.40. The molecule has 0 amide bonds. The van der Waals surface area contributed by atoms with Gasteiger partial charge in [-0.2, -0.15) is 0 Å². The van der Waals surface area contributed by atoms with Crippen LogP contribution in [0.5, 0.6) is 0 Å². The van der Waals surface area contributed by atoms with Crippen molar-refractivity contribution in [2.75, 3.05) is 26.3 Å². The Morgan fingerprint density at radius 2 is 1.89 bits per heavy atom. The number of carbonyl (C=O) groups is 1. The highest BCUT2D eigenvalue weighted by atomic mass is 32.1. The summed E-state index contributed by atoms with van der Waals surface area (Å²) in [4.78, 5) is 16.9. The van der Waals surface area contributed by atoms with Crippen molar-refractivity contribution in [3.63, 3.8) is 0 Å². The van der Waals surface area contributed by atoms with Crippen LogP contribution in [0.3, 0.4) is 0 Å². The highest BCUT2D eigenvalue weighted by Crippen LogP contribution is 2.58. The van der Waals surface area contributed by atoms with E-state index >= 15 is 0 Å². The first-order valence-corrected chi connectivity index (χ1v) is 11.9. The molecule has 148 valence electrons. The van der Waals surface area contributed by atoms with Gasteiger partial charge in [-0.15, -0.1) is 11.3 Å². The molecule has 1 aliphatic carbocycles. The first kappa shape index (κ1) is 17.6. The van der Waals surface area contributed by atoms with Crippen LogP contribution in [0, 0.1) is 11.8 Å². The summed E-state index contributed by atoms with van der Waals surface area (Å²) in [5, 5.41) is 1.24. The Balaban J connectivity index is 1.23. The zero-order valence-corrected chi connectivity index (χ0v) is 17.3. The van der Waals surface area contributed by atoms with Crippen LogP contribution >= 0.6 is 11.3 Å². The third kappa shape index (κ3) is 2.79. The summed E-state index contributed by atoms with van der Waals surface area (Å²) in [5.41, 5.74) is 1.83. The lowest BCUT2D eigenvalue weighted by Crippen LogP contribution is -2.57. The third-order valence-electron chi connectivity index (χ3n) is 8.11. The molecular weight excluding hydrogens is 366 g/mol. The molecular formula is C24H29NO2S. The summed E-state index contributed by atoms with van der Waals surface area (Å²) in [7, 11) is 0. The Bertz CT molecular complexity index is 900. The van der Waals surface area contributed by atoms with E-state index in [1.165, 1.54) is 54.4 Å². The zero-order valence-electron chi connectivity index (χ0n) is 16.5. The number of piperidine rings is 3. The molecule has 2 bridgehead atoms. The summed E-state index contributed by atoms with van der Waals surface area (Å²) < 4.78 is 6.79. The number of rotatable bonds is 4. The van der Waals surface area contributed by atoms with Gasteiger partial charge in [-0.1, -0.05) is 12.1 Å². The van der Waals surface area contributed by atoms with Crippen LogP contribution in [0.4, 0.5) is 0 Å². The van der Waals surface area contributed by atoms with E-state index in [0.717, 1.165) is 43.3 Å². The topological polar surface area (TPSA) is 29.5 Å². The fraction of sp³-hybridized carbons (Fsp3) is 0.625. The highest BCUT2D eigenvalue weighted by Gasteiger charge is 2.60. The highest BCUT2D eigenvalue weighted by molar-refractivity contribution is 7.20. The van der Waals surface area contributed by atoms with Crippen LogP contribution in [0.25, 0.3) is 10.1 Å². The van der Waals surface area contributed by atoms with Gasteiger partial charge in [-0.25, -0.2) is 0 Å². The minimum absolute atomic E-state index is 0.388. The third-order valence-corrected chi connectivity index (χ3v) is 9.25. The van der Waals surface area contributed by atoms with E-state index in [0.29, 0.717) is 23.2 Å². The minimum Gasteiger partial charge on any atom is -0.381 e. The predicted octanol–water partition coefficient (Wildman–Crippen LogP) is 5.24. The first-order chi connectivity index (χ1) is 13.7. The van der Waals surface area contributed by atoms with Crippen molar-refractivity contribution < 1.29 is 9.53 Å². The van der Waals surface area contributed by atoms with Crippen molar-refractivity contribution in [3.05, 3.63) is 34.7 Å². The molecule has 1 aromatic carbocycles. The van der Waals surface area contributed by atoms with Gasteiger partial charge in [0, 0.05) is 29.9 Å². The number of hydrogen-bond acceptors (Lipinski definition) is 4. The number of hydrogen-bond donors (Lipinski definition) is 0. The molecule has 0 unspecified atom stereocenters. The number of nitrogens with zero attached hydrogens (tertiary/aromatic N) is 1. The van der Waals surface area contributed by atoms with Gasteiger partial charge >= 0.3 is 0 Å². The molecule has 5 fully saturated rings. The quantitative estimate of drug-likeness (QED) is 0.663. The van der Waals surface area contributed by atoms with Crippen molar-refractivity contribution in [2.24, 2.45) is 11.8 Å². The maximum Gasteiger partial charge on any atom is 0.173 e. The summed E-state index contributed by atoms with van der Waals surface area (Å²) in [6.07, 6.45) is 8.25. The lowest BCUT2D eigenvalue weighted by Gasteiger charge is -2.52. The van der Waals surface area contributed by atoms with E-state index in [2.05, 4.69) is 29.2 Å². The standard InChI is InChI=1S/C24H29NO2S/c26-21(15-20-17-3-9-25(10-4-17)24(20)7-8-24)23-14-19-2-1-18(13-22(19)28-23)16-5-11-27-12-6-16/h1-2,13-14,16-17,20H,3-12,15H2/t20-/m1/s1. The molecule has 1 aromatic heterocycles. The Morgan fingerprint density at radius 1 is 1.11 bits per heavy atom. The van der Waals surface area contributed by atoms with Gasteiger partial charge in [0.25, 0.3) is 0 Å². The number of ketones is 1. The summed E-state index contributed by atoms with van der Waals surface area (Å²) in [6, 6.07) is 8.98. The van der Waals surface area contributed by atoms with Gasteiger partial charge < -0.3 is 4.74 Å². The van der Waals surface area contributed by atoms with Crippen molar-refractivity contribution >= 4 is 27.2 Å². The molecule has 0 radical (unpaired) electrons. The van der Waals surface area contributed by atoms with E-state index in [1.807, 2.05) is 0 Å². The number of fused-ring (bicyclic) bond motifs is 3. The number of carbonyl (C=O) groups excluding carboxylic acids is 1. The van der Waals surface area contributed by atoms with Gasteiger partial charge in [0.1, 0.15) is 0 Å². The Kier molecular flexibility index (Phi) is 4.18. The number of benzene rings is 1. The Morgan fingerprint density at radius 3 is 2.64 bits per heavy atom. The Labute approximate surface area is 171 Å². The van der Waals surface area contributed by atoms with Crippen LogP contribution in [0.2, 0.25) is 0 Å². The number of thiophene rings is 1. The number of Topliss-reactive ketones (excluding diaryl/α,β-unsaturated/α-hetero) is 1.